The summed E-state index contributed by atoms with van der Waals surface area (Å²) in [5.41, 5.74) is 1.97. The quantitative estimate of drug-likeness (QED) is 0.707. The van der Waals surface area contributed by atoms with Crippen LogP contribution in [0.2, 0.25) is 0 Å². The Morgan fingerprint density at radius 3 is 2.73 bits per heavy atom. The van der Waals surface area contributed by atoms with E-state index >= 15 is 0 Å². The average molecular weight is 296 g/mol. The van der Waals surface area contributed by atoms with E-state index in [1.54, 1.807) is 0 Å². The van der Waals surface area contributed by atoms with Crippen LogP contribution in [-0.4, -0.2) is 16.4 Å². The van der Waals surface area contributed by atoms with Crippen LogP contribution in [0.25, 0.3) is 10.9 Å². The molecule has 4 nitrogen and oxygen atoms in total. The average Bonchev–Trinajstić information content (AvgIpc) is 2.84. The van der Waals surface area contributed by atoms with Gasteiger partial charge in [0.05, 0.1) is 24.1 Å². The van der Waals surface area contributed by atoms with Crippen molar-refractivity contribution < 1.29 is 4.74 Å². The molecule has 2 aromatic carbocycles. The van der Waals surface area contributed by atoms with Crippen LogP contribution in [0.4, 0.5) is 0 Å². The first kappa shape index (κ1) is 14.4. The van der Waals surface area contributed by atoms with Crippen LogP contribution in [0.15, 0.2) is 53.3 Å². The fraction of sp³-hybridized carbons (Fsp3) is 0.278. The van der Waals surface area contributed by atoms with Gasteiger partial charge in [0.25, 0.3) is 5.56 Å². The number of unbranched alkanes of at least 4 members (excludes halogenated alkanes) is 1. The van der Waals surface area contributed by atoms with Crippen LogP contribution in [0.3, 0.4) is 0 Å². The van der Waals surface area contributed by atoms with E-state index in [4.69, 9.17) is 4.74 Å². The van der Waals surface area contributed by atoms with Gasteiger partial charge in [-0.1, -0.05) is 43.7 Å². The van der Waals surface area contributed by atoms with Crippen molar-refractivity contribution in [1.29, 1.82) is 0 Å². The molecule has 0 fully saturated rings. The van der Waals surface area contributed by atoms with Gasteiger partial charge in [0.1, 0.15) is 5.75 Å². The molecular formula is C18H20N2O2. The number of fused-ring (bicyclic) bond motifs is 1. The highest BCUT2D eigenvalue weighted by Crippen LogP contribution is 2.19. The van der Waals surface area contributed by atoms with Gasteiger partial charge in [0, 0.05) is 0 Å². The number of rotatable bonds is 6. The predicted molar refractivity (Wildman–Crippen MR) is 88.5 cm³/mol. The third-order valence-electron chi connectivity index (χ3n) is 3.69. The summed E-state index contributed by atoms with van der Waals surface area (Å²) < 4.78 is 7.55. The van der Waals surface area contributed by atoms with E-state index in [9.17, 15) is 4.79 Å². The van der Waals surface area contributed by atoms with Gasteiger partial charge in [-0.05, 0) is 30.2 Å². The maximum atomic E-state index is 12.1. The Bertz CT molecular complexity index is 803. The molecule has 0 spiro atoms. The van der Waals surface area contributed by atoms with E-state index in [2.05, 4.69) is 12.0 Å². The molecule has 0 unspecified atom stereocenters. The molecule has 114 valence electrons. The zero-order valence-corrected chi connectivity index (χ0v) is 12.7. The number of aromatic nitrogens is 2. The van der Waals surface area contributed by atoms with E-state index in [1.807, 2.05) is 53.2 Å². The number of hydrogen-bond acceptors (Lipinski definition) is 2. The standard InChI is InChI=1S/C18H20N2O2/c1-2-3-11-22-15-9-10-17-16(12-15)18(21)19-20(17)13-14-7-5-4-6-8-14/h4-10,12H,2-3,11,13H2,1H3,(H,19,21). The number of H-pyrrole nitrogens is 1. The normalized spacial score (nSPS) is 11.0. The van der Waals surface area contributed by atoms with Gasteiger partial charge in [-0.3, -0.25) is 14.6 Å². The first-order chi connectivity index (χ1) is 10.8. The van der Waals surface area contributed by atoms with Crippen molar-refractivity contribution in [3.63, 3.8) is 0 Å². The first-order valence-electron chi connectivity index (χ1n) is 7.67. The fourth-order valence-electron chi connectivity index (χ4n) is 2.49. The molecule has 1 aromatic heterocycles. The monoisotopic (exact) mass is 296 g/mol. The van der Waals surface area contributed by atoms with Crippen molar-refractivity contribution in [2.75, 3.05) is 6.61 Å². The van der Waals surface area contributed by atoms with Crippen molar-refractivity contribution in [1.82, 2.24) is 9.78 Å². The summed E-state index contributed by atoms with van der Waals surface area (Å²) in [4.78, 5) is 12.1. The van der Waals surface area contributed by atoms with E-state index in [0.717, 1.165) is 29.7 Å². The van der Waals surface area contributed by atoms with Gasteiger partial charge in [-0.15, -0.1) is 0 Å². The van der Waals surface area contributed by atoms with Crippen molar-refractivity contribution in [3.05, 3.63) is 64.4 Å². The van der Waals surface area contributed by atoms with Crippen LogP contribution in [0, 0.1) is 0 Å². The van der Waals surface area contributed by atoms with Crippen molar-refractivity contribution in [3.8, 4) is 5.75 Å². The van der Waals surface area contributed by atoms with Crippen LogP contribution in [0.1, 0.15) is 25.3 Å². The summed E-state index contributed by atoms with van der Waals surface area (Å²) in [6, 6.07) is 15.8. The molecule has 0 saturated heterocycles. The van der Waals surface area contributed by atoms with Gasteiger partial charge in [0.15, 0.2) is 0 Å². The lowest BCUT2D eigenvalue weighted by atomic mass is 10.2. The molecule has 3 rings (SSSR count). The number of nitrogens with one attached hydrogen (secondary N) is 1. The van der Waals surface area contributed by atoms with Crippen molar-refractivity contribution in [2.24, 2.45) is 0 Å². The molecule has 4 heteroatoms. The third-order valence-corrected chi connectivity index (χ3v) is 3.69. The number of ether oxygens (including phenoxy) is 1. The second-order valence-electron chi connectivity index (χ2n) is 5.39. The highest BCUT2D eigenvalue weighted by atomic mass is 16.5. The summed E-state index contributed by atoms with van der Waals surface area (Å²) in [6.45, 7) is 3.46. The topological polar surface area (TPSA) is 47.0 Å². The molecule has 22 heavy (non-hydrogen) atoms. The van der Waals surface area contributed by atoms with Crippen LogP contribution >= 0.6 is 0 Å². The Hall–Kier alpha value is -2.49. The molecule has 3 aromatic rings. The van der Waals surface area contributed by atoms with Crippen LogP contribution in [-0.2, 0) is 6.54 Å². The SMILES string of the molecule is CCCCOc1ccc2c(c1)c(=O)[nH]n2Cc1ccccc1. The molecule has 0 bridgehead atoms. The second-order valence-corrected chi connectivity index (χ2v) is 5.39. The number of aromatic amines is 1. The third kappa shape index (κ3) is 3.06. The van der Waals surface area contributed by atoms with Crippen LogP contribution < -0.4 is 10.3 Å². The molecule has 0 radical (unpaired) electrons. The molecule has 1 heterocycles. The summed E-state index contributed by atoms with van der Waals surface area (Å²) in [5.74, 6) is 0.754. The minimum atomic E-state index is -0.0770. The lowest BCUT2D eigenvalue weighted by Gasteiger charge is -2.07. The smallest absolute Gasteiger partial charge is 0.272 e. The van der Waals surface area contributed by atoms with E-state index in [0.29, 0.717) is 18.5 Å². The molecule has 0 amide bonds. The number of hydrogen-bond donors (Lipinski definition) is 1. The minimum absolute atomic E-state index is 0.0770. The zero-order valence-electron chi connectivity index (χ0n) is 12.7. The Morgan fingerprint density at radius 1 is 1.14 bits per heavy atom. The Morgan fingerprint density at radius 2 is 1.95 bits per heavy atom. The Kier molecular flexibility index (Phi) is 4.28. The highest BCUT2D eigenvalue weighted by molar-refractivity contribution is 5.80. The van der Waals surface area contributed by atoms with Gasteiger partial charge in [-0.25, -0.2) is 0 Å². The van der Waals surface area contributed by atoms with E-state index in [-0.39, 0.29) is 5.56 Å². The molecule has 1 N–H and O–H groups in total. The molecule has 0 aliphatic heterocycles. The summed E-state index contributed by atoms with van der Waals surface area (Å²) in [6.07, 6.45) is 2.11. The molecule has 0 atom stereocenters. The molecule has 0 aliphatic carbocycles. The second kappa shape index (κ2) is 6.52. The van der Waals surface area contributed by atoms with Gasteiger partial charge in [-0.2, -0.15) is 0 Å². The lowest BCUT2D eigenvalue weighted by Crippen LogP contribution is -2.06. The van der Waals surface area contributed by atoms with Gasteiger partial charge < -0.3 is 4.74 Å². The zero-order chi connectivity index (χ0) is 15.4. The summed E-state index contributed by atoms with van der Waals surface area (Å²) in [5, 5.41) is 3.57. The van der Waals surface area contributed by atoms with Crippen molar-refractivity contribution in [2.45, 2.75) is 26.3 Å². The Labute approximate surface area is 129 Å². The lowest BCUT2D eigenvalue weighted by molar-refractivity contribution is 0.310. The maximum absolute atomic E-state index is 12.1. The predicted octanol–water partition coefficient (Wildman–Crippen LogP) is 3.56. The molecule has 0 saturated carbocycles. The van der Waals surface area contributed by atoms with Gasteiger partial charge in [0.2, 0.25) is 0 Å². The fourth-order valence-corrected chi connectivity index (χ4v) is 2.49. The van der Waals surface area contributed by atoms with Crippen molar-refractivity contribution >= 4 is 10.9 Å². The summed E-state index contributed by atoms with van der Waals surface area (Å²) in [7, 11) is 0. The van der Waals surface area contributed by atoms with E-state index in [1.165, 1.54) is 0 Å². The highest BCUT2D eigenvalue weighted by Gasteiger charge is 2.08. The maximum Gasteiger partial charge on any atom is 0.272 e. The largest absolute Gasteiger partial charge is 0.494 e. The summed E-state index contributed by atoms with van der Waals surface area (Å²) >= 11 is 0. The Balaban J connectivity index is 1.88. The van der Waals surface area contributed by atoms with E-state index < -0.39 is 0 Å². The first-order valence-corrected chi connectivity index (χ1v) is 7.67. The number of nitrogens with zero attached hydrogens (tertiary/aromatic N) is 1. The number of benzene rings is 2. The van der Waals surface area contributed by atoms with Gasteiger partial charge >= 0.3 is 0 Å². The molecular weight excluding hydrogens is 276 g/mol. The minimum Gasteiger partial charge on any atom is -0.494 e. The molecule has 0 aliphatic rings. The van der Waals surface area contributed by atoms with Crippen LogP contribution in [0.5, 0.6) is 5.75 Å².